The number of halogens is 6. The predicted molar refractivity (Wildman–Crippen MR) is 58.3 cm³/mol. The number of carboxylic acids is 1. The Labute approximate surface area is 111 Å². The summed E-state index contributed by atoms with van der Waals surface area (Å²) in [6, 6.07) is 0. The van der Waals surface area contributed by atoms with Crippen LogP contribution < -0.4 is 0 Å². The first-order valence-electron chi connectivity index (χ1n) is 4.39. The number of rotatable bonds is 3. The molecule has 0 bridgehead atoms. The summed E-state index contributed by atoms with van der Waals surface area (Å²) in [5, 5.41) is 8.51. The van der Waals surface area contributed by atoms with Gasteiger partial charge in [0, 0.05) is 15.3 Å². The standard InChI is InChI=1S/C9H5F5INO2/c10-8(11)7-3(1-5(17)18)6(9(12,13)14)4(15)2-16-7/h2,8H,1H2,(H,17,18). The van der Waals surface area contributed by atoms with E-state index in [1.54, 1.807) is 0 Å². The molecule has 0 unspecified atom stereocenters. The molecular formula is C9H5F5INO2. The van der Waals surface area contributed by atoms with Gasteiger partial charge in [0.25, 0.3) is 6.43 Å². The van der Waals surface area contributed by atoms with Gasteiger partial charge in [0.2, 0.25) is 0 Å². The van der Waals surface area contributed by atoms with Gasteiger partial charge in [-0.15, -0.1) is 0 Å². The van der Waals surface area contributed by atoms with E-state index < -0.39 is 45.4 Å². The van der Waals surface area contributed by atoms with Crippen molar-refractivity contribution in [3.05, 3.63) is 26.6 Å². The van der Waals surface area contributed by atoms with E-state index in [4.69, 9.17) is 5.11 Å². The second-order valence-electron chi connectivity index (χ2n) is 3.21. The average molecular weight is 381 g/mol. The highest BCUT2D eigenvalue weighted by atomic mass is 127. The van der Waals surface area contributed by atoms with Crippen molar-refractivity contribution >= 4 is 28.6 Å². The van der Waals surface area contributed by atoms with Crippen molar-refractivity contribution in [2.45, 2.75) is 19.0 Å². The minimum absolute atomic E-state index is 0.416. The van der Waals surface area contributed by atoms with Crippen molar-refractivity contribution in [1.29, 1.82) is 0 Å². The number of aromatic nitrogens is 1. The van der Waals surface area contributed by atoms with Crippen molar-refractivity contribution < 1.29 is 31.9 Å². The predicted octanol–water partition coefficient (Wildman–Crippen LogP) is 3.27. The number of alkyl halides is 5. The van der Waals surface area contributed by atoms with E-state index in [0.717, 1.165) is 0 Å². The number of nitrogens with zero attached hydrogens (tertiary/aromatic N) is 1. The molecule has 9 heteroatoms. The Morgan fingerprint density at radius 1 is 1.44 bits per heavy atom. The number of aliphatic carboxylic acids is 1. The fourth-order valence-corrected chi connectivity index (χ4v) is 2.14. The Hall–Kier alpha value is -1.00. The van der Waals surface area contributed by atoms with Crippen LogP contribution in [-0.4, -0.2) is 16.1 Å². The molecule has 18 heavy (non-hydrogen) atoms. The van der Waals surface area contributed by atoms with Gasteiger partial charge in [0.05, 0.1) is 12.0 Å². The maximum Gasteiger partial charge on any atom is 0.417 e. The maximum absolute atomic E-state index is 12.7. The molecule has 0 saturated carbocycles. The van der Waals surface area contributed by atoms with E-state index >= 15 is 0 Å². The number of hydrogen-bond donors (Lipinski definition) is 1. The SMILES string of the molecule is O=C(O)Cc1c(C(F)F)ncc(I)c1C(F)(F)F. The Bertz CT molecular complexity index is 475. The quantitative estimate of drug-likeness (QED) is 0.646. The summed E-state index contributed by atoms with van der Waals surface area (Å²) in [6.07, 6.45) is -8.68. The molecule has 1 N–H and O–H groups in total. The number of pyridine rings is 1. The zero-order valence-corrected chi connectivity index (χ0v) is 10.6. The molecule has 0 amide bonds. The van der Waals surface area contributed by atoms with Crippen molar-refractivity contribution in [1.82, 2.24) is 4.98 Å². The first-order valence-corrected chi connectivity index (χ1v) is 5.47. The lowest BCUT2D eigenvalue weighted by Crippen LogP contribution is -2.18. The largest absolute Gasteiger partial charge is 0.481 e. The lowest BCUT2D eigenvalue weighted by atomic mass is 10.0. The normalized spacial score (nSPS) is 11.9. The van der Waals surface area contributed by atoms with Crippen molar-refractivity contribution in [2.75, 3.05) is 0 Å². The molecule has 3 nitrogen and oxygen atoms in total. The van der Waals surface area contributed by atoms with E-state index in [-0.39, 0.29) is 0 Å². The molecule has 1 rings (SSSR count). The summed E-state index contributed by atoms with van der Waals surface area (Å²) in [5.74, 6) is -1.63. The minimum Gasteiger partial charge on any atom is -0.481 e. The van der Waals surface area contributed by atoms with Gasteiger partial charge in [-0.3, -0.25) is 9.78 Å². The van der Waals surface area contributed by atoms with Crippen LogP contribution in [0.1, 0.15) is 23.2 Å². The molecule has 0 aliphatic rings. The molecule has 0 spiro atoms. The van der Waals surface area contributed by atoms with Gasteiger partial charge in [0.1, 0.15) is 5.69 Å². The second kappa shape index (κ2) is 5.33. The summed E-state index contributed by atoms with van der Waals surface area (Å²) in [5.41, 5.74) is -3.50. The van der Waals surface area contributed by atoms with E-state index in [0.29, 0.717) is 6.20 Å². The van der Waals surface area contributed by atoms with Crippen LogP contribution in [0.3, 0.4) is 0 Å². The van der Waals surface area contributed by atoms with Gasteiger partial charge < -0.3 is 5.11 Å². The molecule has 0 saturated heterocycles. The summed E-state index contributed by atoms with van der Waals surface area (Å²) >= 11 is 1.28. The Kier molecular flexibility index (Phi) is 4.46. The Balaban J connectivity index is 3.55. The topological polar surface area (TPSA) is 50.2 Å². The number of hydrogen-bond acceptors (Lipinski definition) is 2. The van der Waals surface area contributed by atoms with Crippen LogP contribution in [0.2, 0.25) is 0 Å². The van der Waals surface area contributed by atoms with E-state index in [2.05, 4.69) is 4.98 Å². The monoisotopic (exact) mass is 381 g/mol. The van der Waals surface area contributed by atoms with Crippen LogP contribution in [0.5, 0.6) is 0 Å². The summed E-state index contributed by atoms with van der Waals surface area (Å²) in [7, 11) is 0. The highest BCUT2D eigenvalue weighted by Gasteiger charge is 2.38. The highest BCUT2D eigenvalue weighted by molar-refractivity contribution is 14.1. The van der Waals surface area contributed by atoms with Gasteiger partial charge in [0.15, 0.2) is 0 Å². The van der Waals surface area contributed by atoms with E-state index in [1.165, 1.54) is 22.6 Å². The summed E-state index contributed by atoms with van der Waals surface area (Å²) < 4.78 is 62.9. The van der Waals surface area contributed by atoms with Crippen LogP contribution in [0.15, 0.2) is 6.20 Å². The van der Waals surface area contributed by atoms with Crippen LogP contribution in [0.4, 0.5) is 22.0 Å². The number of carboxylic acid groups (broad SMARTS) is 1. The molecule has 100 valence electrons. The second-order valence-corrected chi connectivity index (χ2v) is 4.38. The fraction of sp³-hybridized carbons (Fsp3) is 0.333. The van der Waals surface area contributed by atoms with Gasteiger partial charge in [-0.2, -0.15) is 13.2 Å². The fourth-order valence-electron chi connectivity index (χ4n) is 1.37. The van der Waals surface area contributed by atoms with Crippen molar-refractivity contribution in [3.8, 4) is 0 Å². The zero-order valence-electron chi connectivity index (χ0n) is 8.43. The summed E-state index contributed by atoms with van der Waals surface area (Å²) in [6.45, 7) is 0. The third-order valence-corrected chi connectivity index (χ3v) is 2.80. The molecule has 0 radical (unpaired) electrons. The van der Waals surface area contributed by atoms with Gasteiger partial charge in [-0.25, -0.2) is 8.78 Å². The molecule has 1 aromatic heterocycles. The van der Waals surface area contributed by atoms with Crippen LogP contribution in [-0.2, 0) is 17.4 Å². The van der Waals surface area contributed by atoms with Gasteiger partial charge in [-0.05, 0) is 22.6 Å². The highest BCUT2D eigenvalue weighted by Crippen LogP contribution is 2.38. The Morgan fingerprint density at radius 3 is 2.39 bits per heavy atom. The third kappa shape index (κ3) is 3.27. The molecular weight excluding hydrogens is 376 g/mol. The van der Waals surface area contributed by atoms with Crippen molar-refractivity contribution in [2.24, 2.45) is 0 Å². The molecule has 0 atom stereocenters. The minimum atomic E-state index is -4.91. The summed E-state index contributed by atoms with van der Waals surface area (Å²) in [4.78, 5) is 13.7. The first-order chi connectivity index (χ1) is 8.14. The maximum atomic E-state index is 12.7. The smallest absolute Gasteiger partial charge is 0.417 e. The lowest BCUT2D eigenvalue weighted by molar-refractivity contribution is -0.140. The lowest BCUT2D eigenvalue weighted by Gasteiger charge is -2.16. The molecule has 1 aromatic rings. The Morgan fingerprint density at radius 2 is 2.00 bits per heavy atom. The van der Waals surface area contributed by atoms with E-state index in [9.17, 15) is 26.7 Å². The zero-order chi connectivity index (χ0) is 14.1. The van der Waals surface area contributed by atoms with Crippen LogP contribution in [0, 0.1) is 3.57 Å². The number of carbonyl (C=O) groups is 1. The molecule has 1 heterocycles. The molecule has 0 aliphatic carbocycles. The van der Waals surface area contributed by atoms with Crippen LogP contribution >= 0.6 is 22.6 Å². The average Bonchev–Trinajstić information content (AvgIpc) is 2.13. The molecule has 0 fully saturated rings. The van der Waals surface area contributed by atoms with Gasteiger partial charge in [-0.1, -0.05) is 0 Å². The molecule has 0 aromatic carbocycles. The van der Waals surface area contributed by atoms with Crippen LogP contribution in [0.25, 0.3) is 0 Å². The van der Waals surface area contributed by atoms with Gasteiger partial charge >= 0.3 is 12.1 Å². The van der Waals surface area contributed by atoms with E-state index in [1.807, 2.05) is 0 Å². The third-order valence-electron chi connectivity index (χ3n) is 1.98. The first kappa shape index (κ1) is 15.1. The molecule has 0 aliphatic heterocycles. The van der Waals surface area contributed by atoms with Crippen molar-refractivity contribution in [3.63, 3.8) is 0 Å².